The maximum Gasteiger partial charge on any atom is 0.288 e. The van der Waals surface area contributed by atoms with Crippen LogP contribution in [0.3, 0.4) is 0 Å². The molecule has 0 aromatic heterocycles. The molecule has 0 saturated heterocycles. The molecule has 4 aliphatic rings. The van der Waals surface area contributed by atoms with E-state index in [0.717, 1.165) is 29.6 Å². The molecule has 1 nitrogen and oxygen atoms in total. The largest absolute Gasteiger partial charge is 0.401 e. The van der Waals surface area contributed by atoms with Crippen molar-refractivity contribution < 1.29 is 4.43 Å². The Bertz CT molecular complexity index is 1400. The maximum absolute atomic E-state index is 7.78. The van der Waals surface area contributed by atoms with Crippen LogP contribution in [0.1, 0.15) is 112 Å². The van der Waals surface area contributed by atoms with E-state index in [4.69, 9.17) is 17.1 Å². The summed E-state index contributed by atoms with van der Waals surface area (Å²) in [6, 6.07) is 33.7. The van der Waals surface area contributed by atoms with Gasteiger partial charge in [0, 0.05) is 10.9 Å². The number of thiol groups is 1. The molecule has 3 aromatic carbocycles. The predicted molar refractivity (Wildman–Crippen MR) is 210 cm³/mol. The van der Waals surface area contributed by atoms with Crippen LogP contribution in [0.2, 0.25) is 0 Å². The Hall–Kier alpha value is -1.81. The van der Waals surface area contributed by atoms with Gasteiger partial charge in [-0.15, -0.1) is 0 Å². The van der Waals surface area contributed by atoms with E-state index in [-0.39, 0.29) is 4.75 Å². The van der Waals surface area contributed by atoms with Crippen molar-refractivity contribution in [3.8, 4) is 0 Å². The van der Waals surface area contributed by atoms with Crippen molar-refractivity contribution in [3.63, 3.8) is 0 Å². The van der Waals surface area contributed by atoms with Gasteiger partial charge in [-0.1, -0.05) is 138 Å². The van der Waals surface area contributed by atoms with Crippen molar-refractivity contribution in [1.82, 2.24) is 0 Å². The molecule has 1 unspecified atom stereocenters. The van der Waals surface area contributed by atoms with Crippen LogP contribution in [-0.4, -0.2) is 19.2 Å². The Morgan fingerprint density at radius 1 is 0.688 bits per heavy atom. The summed E-state index contributed by atoms with van der Waals surface area (Å²) in [4.78, 5) is 0. The van der Waals surface area contributed by atoms with Crippen molar-refractivity contribution in [2.45, 2.75) is 123 Å². The van der Waals surface area contributed by atoms with Gasteiger partial charge in [0.25, 0.3) is 8.32 Å². The van der Waals surface area contributed by atoms with E-state index in [9.17, 15) is 0 Å². The lowest BCUT2D eigenvalue weighted by Crippen LogP contribution is -2.70. The fourth-order valence-corrected chi connectivity index (χ4v) is 16.9. The molecule has 7 rings (SSSR count). The second-order valence-corrected chi connectivity index (χ2v) is 21.7. The van der Waals surface area contributed by atoms with E-state index < -0.39 is 8.32 Å². The number of hydrogen-bond donors (Lipinski definition) is 1. The summed E-state index contributed by atoms with van der Waals surface area (Å²) in [5.74, 6) is 4.86. The number of hydrogen-bond acceptors (Lipinski definition) is 2. The van der Waals surface area contributed by atoms with E-state index in [1.165, 1.54) is 92.6 Å². The lowest BCUT2D eigenvalue weighted by molar-refractivity contribution is -0.124. The van der Waals surface area contributed by atoms with Crippen LogP contribution in [0.4, 0.5) is 0 Å². The zero-order valence-electron chi connectivity index (χ0n) is 30.5. The summed E-state index contributed by atoms with van der Waals surface area (Å²) >= 11 is 5.71. The van der Waals surface area contributed by atoms with E-state index in [1.54, 1.807) is 0 Å². The van der Waals surface area contributed by atoms with Gasteiger partial charge in [0.05, 0.1) is 0 Å². The number of benzene rings is 3. The Morgan fingerprint density at radius 3 is 1.81 bits per heavy atom. The highest BCUT2D eigenvalue weighted by Gasteiger charge is 2.65. The molecule has 3 heteroatoms. The highest BCUT2D eigenvalue weighted by Crippen LogP contribution is 2.71. The van der Waals surface area contributed by atoms with Gasteiger partial charge < -0.3 is 4.43 Å². The van der Waals surface area contributed by atoms with Crippen LogP contribution in [0.5, 0.6) is 0 Å². The van der Waals surface area contributed by atoms with Crippen LogP contribution in [0.25, 0.3) is 0 Å². The fourth-order valence-electron chi connectivity index (χ4n) is 12.2. The van der Waals surface area contributed by atoms with Gasteiger partial charge >= 0.3 is 0 Å². The highest BCUT2D eigenvalue weighted by atomic mass is 32.1. The molecule has 0 heterocycles. The Balaban J connectivity index is 1.12. The minimum absolute atomic E-state index is 0.198. The molecule has 0 amide bonds. The quantitative estimate of drug-likeness (QED) is 0.128. The fraction of sp³-hybridized carbons (Fsp3) is 0.600. The van der Waals surface area contributed by atoms with Gasteiger partial charge in [-0.05, 0) is 126 Å². The molecule has 9 atom stereocenters. The zero-order valence-corrected chi connectivity index (χ0v) is 32.4. The first kappa shape index (κ1) is 34.6. The third-order valence-corrected chi connectivity index (χ3v) is 20.3. The van der Waals surface area contributed by atoms with Gasteiger partial charge in [0.2, 0.25) is 0 Å². The summed E-state index contributed by atoms with van der Waals surface area (Å²) in [5, 5.41) is 4.09. The second-order valence-electron chi connectivity index (χ2n) is 17.6. The molecule has 48 heavy (non-hydrogen) atoms. The van der Waals surface area contributed by atoms with Gasteiger partial charge in [-0.2, -0.15) is 12.6 Å². The summed E-state index contributed by atoms with van der Waals surface area (Å²) in [6.07, 6.45) is 16.4. The second kappa shape index (κ2) is 13.7. The van der Waals surface area contributed by atoms with Crippen LogP contribution in [0.15, 0.2) is 91.0 Å². The molecule has 0 radical (unpaired) electrons. The van der Waals surface area contributed by atoms with E-state index >= 15 is 0 Å². The maximum atomic E-state index is 7.78. The van der Waals surface area contributed by atoms with Crippen molar-refractivity contribution in [2.75, 3.05) is 0 Å². The van der Waals surface area contributed by atoms with Crippen LogP contribution in [-0.2, 0) is 4.43 Å². The molecule has 0 bridgehead atoms. The molecule has 4 aliphatic carbocycles. The molecule has 258 valence electrons. The third kappa shape index (κ3) is 5.80. The van der Waals surface area contributed by atoms with Gasteiger partial charge in [0.15, 0.2) is 0 Å². The summed E-state index contributed by atoms with van der Waals surface area (Å²) in [5.41, 5.74) is 0.815. The Labute approximate surface area is 299 Å². The first-order chi connectivity index (χ1) is 23.1. The molecular weight excluding hydrogens is 617 g/mol. The zero-order chi connectivity index (χ0) is 33.6. The third-order valence-electron chi connectivity index (χ3n) is 15.0. The Morgan fingerprint density at radius 2 is 1.25 bits per heavy atom. The van der Waals surface area contributed by atoms with E-state index in [1.807, 2.05) is 0 Å². The van der Waals surface area contributed by atoms with E-state index in [0.29, 0.717) is 22.9 Å². The molecule has 0 aliphatic heterocycles. The topological polar surface area (TPSA) is 9.23 Å². The normalized spacial score (nSPS) is 35.4. The highest BCUT2D eigenvalue weighted by molar-refractivity contribution is 7.81. The lowest BCUT2D eigenvalue weighted by Gasteiger charge is -2.62. The minimum Gasteiger partial charge on any atom is -0.401 e. The smallest absolute Gasteiger partial charge is 0.288 e. The molecule has 3 aromatic rings. The van der Waals surface area contributed by atoms with Gasteiger partial charge in [-0.25, -0.2) is 0 Å². The van der Waals surface area contributed by atoms with E-state index in [2.05, 4.69) is 126 Å². The first-order valence-electron chi connectivity index (χ1n) is 19.7. The summed E-state index contributed by atoms with van der Waals surface area (Å²) in [7, 11) is -2.71. The van der Waals surface area contributed by atoms with Crippen LogP contribution in [0, 0.1) is 46.3 Å². The molecular formula is C45H62OSSi. The van der Waals surface area contributed by atoms with Crippen molar-refractivity contribution in [1.29, 1.82) is 0 Å². The van der Waals surface area contributed by atoms with Gasteiger partial charge in [0.1, 0.15) is 0 Å². The van der Waals surface area contributed by atoms with Gasteiger partial charge in [-0.3, -0.25) is 0 Å². The number of rotatable bonds is 10. The standard InChI is InChI=1S/C45H62OSSi/c1-33(2)16-15-17-34(3)45(47)31-28-42-40-25-24-35-32-36(26-29-43(35,4)41(40)27-30-44(42,45)5)46-48(37-18-9-6-10-19-37,38-20-11-7-12-21-38)39-22-13-8-14-23-39/h6-14,18-23,33-36,40-42,47H,15-17,24-32H2,1-5H3/t34-,35?,36-,40-,41+,42+,43+,44+,45+/m1/s1. The predicted octanol–water partition coefficient (Wildman–Crippen LogP) is 10.2. The van der Waals surface area contributed by atoms with Crippen molar-refractivity contribution in [3.05, 3.63) is 91.0 Å². The van der Waals surface area contributed by atoms with Crippen LogP contribution < -0.4 is 15.6 Å². The summed E-state index contributed by atoms with van der Waals surface area (Å²) in [6.45, 7) is 12.7. The monoisotopic (exact) mass is 678 g/mol. The van der Waals surface area contributed by atoms with Crippen molar-refractivity contribution >= 4 is 36.5 Å². The average molecular weight is 679 g/mol. The Kier molecular flexibility index (Phi) is 9.90. The summed E-state index contributed by atoms with van der Waals surface area (Å²) < 4.78 is 7.98. The molecule has 0 spiro atoms. The lowest BCUT2D eigenvalue weighted by atomic mass is 9.44. The number of fused-ring (bicyclic) bond motifs is 5. The molecule has 4 saturated carbocycles. The van der Waals surface area contributed by atoms with Crippen LogP contribution >= 0.6 is 12.6 Å². The molecule has 4 fully saturated rings. The van der Waals surface area contributed by atoms with Crippen molar-refractivity contribution in [2.24, 2.45) is 46.3 Å². The average Bonchev–Trinajstić information content (AvgIpc) is 3.39. The molecule has 0 N–H and O–H groups in total. The SMILES string of the molecule is CC(C)CCC[C@@H](C)[C@@]1(S)CC[C@H]2[C@@H]3CCC4C[C@H](O[Si](c5ccccc5)(c5ccccc5)c5ccccc5)CC[C@]4(C)[C@H]3CC[C@@]21C. The minimum atomic E-state index is -2.71. The first-order valence-corrected chi connectivity index (χ1v) is 22.0.